The van der Waals surface area contributed by atoms with Crippen molar-refractivity contribution in [2.75, 3.05) is 146 Å². The van der Waals surface area contributed by atoms with Crippen molar-refractivity contribution < 1.29 is 57.3 Å². The largest absolute Gasteiger partial charge is 0.448 e. The van der Waals surface area contributed by atoms with Gasteiger partial charge in [-0.05, 0) is 22.3 Å². The van der Waals surface area contributed by atoms with Crippen molar-refractivity contribution in [2.45, 2.75) is 5.92 Å². The lowest BCUT2D eigenvalue weighted by atomic mass is 9.98. The average molecular weight is 694 g/mol. The zero-order chi connectivity index (χ0) is 34.6. The van der Waals surface area contributed by atoms with Gasteiger partial charge in [0.25, 0.3) is 0 Å². The molecule has 0 bridgehead atoms. The normalized spacial score (nSPS) is 12.3. The number of hydrogen-bond donors (Lipinski definition) is 1. The maximum absolute atomic E-state index is 12.6. The second kappa shape index (κ2) is 27.1. The quantitative estimate of drug-likeness (QED) is 0.117. The third-order valence-corrected chi connectivity index (χ3v) is 7.43. The zero-order valence-corrected chi connectivity index (χ0v) is 28.9. The number of carbonyl (C=O) groups is 1. The van der Waals surface area contributed by atoms with E-state index >= 15 is 0 Å². The molecule has 0 fully saturated rings. The van der Waals surface area contributed by atoms with Crippen LogP contribution in [0.1, 0.15) is 17.0 Å². The molecular formula is C36H55NO12. The van der Waals surface area contributed by atoms with Gasteiger partial charge in [-0.15, -0.1) is 0 Å². The van der Waals surface area contributed by atoms with Crippen molar-refractivity contribution in [3.05, 3.63) is 59.7 Å². The van der Waals surface area contributed by atoms with Crippen LogP contribution in [0.15, 0.2) is 48.5 Å². The van der Waals surface area contributed by atoms with Crippen LogP contribution < -0.4 is 0 Å². The molecule has 0 spiro atoms. The SMILES string of the molecule is CN(CCOCCOCCOCCOCCOCCOCCOCCOCCOCCO)C(=O)OCC1c2ccccc2-c2ccccc21. The van der Waals surface area contributed by atoms with Gasteiger partial charge in [-0.3, -0.25) is 0 Å². The van der Waals surface area contributed by atoms with Gasteiger partial charge in [0, 0.05) is 19.5 Å². The fourth-order valence-corrected chi connectivity index (χ4v) is 4.92. The third kappa shape index (κ3) is 17.2. The highest BCUT2D eigenvalue weighted by molar-refractivity contribution is 5.79. The number of ether oxygens (including phenoxy) is 10. The molecule has 1 aliphatic carbocycles. The summed E-state index contributed by atoms with van der Waals surface area (Å²) in [5.74, 6) is 0.0392. The minimum atomic E-state index is -0.365. The number of nitrogens with zero attached hydrogens (tertiary/aromatic N) is 1. The number of hydrogen-bond acceptors (Lipinski definition) is 12. The zero-order valence-electron chi connectivity index (χ0n) is 28.9. The second-order valence-corrected chi connectivity index (χ2v) is 11.0. The molecule has 49 heavy (non-hydrogen) atoms. The summed E-state index contributed by atoms with van der Waals surface area (Å²) in [5.41, 5.74) is 4.79. The first kappa shape index (κ1) is 40.7. The van der Waals surface area contributed by atoms with Gasteiger partial charge in [-0.25, -0.2) is 4.79 Å². The lowest BCUT2D eigenvalue weighted by Gasteiger charge is -2.19. The summed E-state index contributed by atoms with van der Waals surface area (Å²) in [6.45, 7) is 9.15. The van der Waals surface area contributed by atoms with Crippen LogP contribution in [-0.2, 0) is 47.4 Å². The molecule has 0 aliphatic heterocycles. The fourth-order valence-electron chi connectivity index (χ4n) is 4.92. The molecule has 0 saturated carbocycles. The van der Waals surface area contributed by atoms with Gasteiger partial charge in [0.2, 0.25) is 0 Å². The molecule has 2 aromatic rings. The van der Waals surface area contributed by atoms with Gasteiger partial charge in [0.1, 0.15) is 6.61 Å². The molecule has 13 heteroatoms. The van der Waals surface area contributed by atoms with Gasteiger partial charge in [-0.2, -0.15) is 0 Å². The van der Waals surface area contributed by atoms with Crippen LogP contribution in [0.4, 0.5) is 4.79 Å². The van der Waals surface area contributed by atoms with Crippen LogP contribution in [0.2, 0.25) is 0 Å². The van der Waals surface area contributed by atoms with Crippen LogP contribution in [0.5, 0.6) is 0 Å². The Hall–Kier alpha value is -2.69. The maximum Gasteiger partial charge on any atom is 0.409 e. The second-order valence-electron chi connectivity index (χ2n) is 11.0. The first-order chi connectivity index (χ1) is 24.2. The number of aliphatic hydroxyl groups excluding tert-OH is 1. The van der Waals surface area contributed by atoms with Gasteiger partial charge in [0.05, 0.1) is 126 Å². The Bertz CT molecular complexity index is 1080. The highest BCUT2D eigenvalue weighted by atomic mass is 16.6. The maximum atomic E-state index is 12.6. The molecule has 0 aromatic heterocycles. The minimum absolute atomic E-state index is 0.0209. The number of fused-ring (bicyclic) bond motifs is 3. The van der Waals surface area contributed by atoms with Crippen molar-refractivity contribution in [3.8, 4) is 11.1 Å². The van der Waals surface area contributed by atoms with Crippen LogP contribution in [0.25, 0.3) is 11.1 Å². The molecule has 0 atom stereocenters. The van der Waals surface area contributed by atoms with E-state index < -0.39 is 0 Å². The average Bonchev–Trinajstić information content (AvgIpc) is 3.45. The summed E-state index contributed by atoms with van der Waals surface area (Å²) >= 11 is 0. The van der Waals surface area contributed by atoms with E-state index in [1.54, 1.807) is 7.05 Å². The monoisotopic (exact) mass is 693 g/mol. The standard InChI is InChI=1S/C36H55NO12/c1-37(36(39)49-30-35-33-8-4-2-6-31(33)32-7-3-5-9-34(32)35)10-12-40-14-16-42-18-20-44-22-24-46-26-28-48-29-27-47-25-23-45-21-19-43-17-15-41-13-11-38/h2-9,35,38H,10-30H2,1H3. The van der Waals surface area contributed by atoms with Crippen molar-refractivity contribution in [3.63, 3.8) is 0 Å². The first-order valence-corrected chi connectivity index (χ1v) is 17.1. The van der Waals surface area contributed by atoms with Crippen molar-refractivity contribution in [2.24, 2.45) is 0 Å². The summed E-state index contributed by atoms with van der Waals surface area (Å²) in [5, 5.41) is 8.59. The summed E-state index contributed by atoms with van der Waals surface area (Å²) in [4.78, 5) is 14.1. The van der Waals surface area contributed by atoms with Gasteiger partial charge in [0.15, 0.2) is 0 Å². The van der Waals surface area contributed by atoms with E-state index in [0.29, 0.717) is 132 Å². The van der Waals surface area contributed by atoms with Crippen LogP contribution in [0.3, 0.4) is 0 Å². The molecule has 0 saturated heterocycles. The Labute approximate surface area is 290 Å². The molecule has 276 valence electrons. The number of rotatable bonds is 31. The molecule has 0 radical (unpaired) electrons. The molecule has 2 aromatic carbocycles. The van der Waals surface area contributed by atoms with Crippen molar-refractivity contribution in [1.82, 2.24) is 4.90 Å². The van der Waals surface area contributed by atoms with E-state index in [2.05, 4.69) is 24.3 Å². The molecular weight excluding hydrogens is 638 g/mol. The fraction of sp³-hybridized carbons (Fsp3) is 0.639. The number of carbonyl (C=O) groups excluding carboxylic acids is 1. The first-order valence-electron chi connectivity index (χ1n) is 17.1. The Morgan fingerprint density at radius 2 is 0.857 bits per heavy atom. The number of likely N-dealkylation sites (N-methyl/N-ethyl adjacent to an activating group) is 1. The van der Waals surface area contributed by atoms with E-state index in [-0.39, 0.29) is 18.6 Å². The lowest BCUT2D eigenvalue weighted by Crippen LogP contribution is -2.32. The van der Waals surface area contributed by atoms with Crippen LogP contribution in [-0.4, -0.2) is 162 Å². The Morgan fingerprint density at radius 1 is 0.531 bits per heavy atom. The van der Waals surface area contributed by atoms with E-state index in [1.165, 1.54) is 27.2 Å². The highest BCUT2D eigenvalue weighted by Crippen LogP contribution is 2.44. The molecule has 1 N–H and O–H groups in total. The van der Waals surface area contributed by atoms with Crippen LogP contribution >= 0.6 is 0 Å². The minimum Gasteiger partial charge on any atom is -0.448 e. The summed E-state index contributed by atoms with van der Waals surface area (Å²) in [7, 11) is 1.71. The molecule has 0 heterocycles. The predicted octanol–water partition coefficient (Wildman–Crippen LogP) is 3.01. The number of amides is 1. The van der Waals surface area contributed by atoms with Crippen molar-refractivity contribution in [1.29, 1.82) is 0 Å². The van der Waals surface area contributed by atoms with Crippen LogP contribution in [0, 0.1) is 0 Å². The van der Waals surface area contributed by atoms with E-state index in [1.807, 2.05) is 24.3 Å². The predicted molar refractivity (Wildman–Crippen MR) is 182 cm³/mol. The highest BCUT2D eigenvalue weighted by Gasteiger charge is 2.29. The summed E-state index contributed by atoms with van der Waals surface area (Å²) in [6.07, 6.45) is -0.365. The number of aliphatic hydroxyl groups is 1. The Morgan fingerprint density at radius 3 is 1.22 bits per heavy atom. The van der Waals surface area contributed by atoms with E-state index in [4.69, 9.17) is 52.5 Å². The molecule has 1 amide bonds. The van der Waals surface area contributed by atoms with Gasteiger partial charge < -0.3 is 57.4 Å². The summed E-state index contributed by atoms with van der Waals surface area (Å²) in [6, 6.07) is 16.6. The van der Waals surface area contributed by atoms with Gasteiger partial charge >= 0.3 is 6.09 Å². The number of benzene rings is 2. The van der Waals surface area contributed by atoms with Crippen molar-refractivity contribution >= 4 is 6.09 Å². The van der Waals surface area contributed by atoms with E-state index in [9.17, 15) is 4.79 Å². The molecule has 0 unspecified atom stereocenters. The summed E-state index contributed by atoms with van der Waals surface area (Å²) < 4.78 is 54.6. The molecule has 13 nitrogen and oxygen atoms in total. The lowest BCUT2D eigenvalue weighted by molar-refractivity contribution is -0.0257. The van der Waals surface area contributed by atoms with E-state index in [0.717, 1.165) is 0 Å². The smallest absolute Gasteiger partial charge is 0.409 e. The molecule has 1 aliphatic rings. The third-order valence-electron chi connectivity index (χ3n) is 7.43. The molecule has 3 rings (SSSR count). The van der Waals surface area contributed by atoms with Gasteiger partial charge in [-0.1, -0.05) is 48.5 Å². The topological polar surface area (TPSA) is 133 Å². The Kier molecular flexibility index (Phi) is 22.5. The Balaban J connectivity index is 1.01.